The van der Waals surface area contributed by atoms with Crippen LogP contribution in [0.3, 0.4) is 0 Å². The number of carbonyl (C=O) groups is 1. The molecule has 0 aliphatic carbocycles. The first-order valence-electron chi connectivity index (χ1n) is 8.60. The number of benzene rings is 2. The normalized spacial score (nSPS) is 14.0. The number of rotatable bonds is 9. The lowest BCUT2D eigenvalue weighted by atomic mass is 10.2. The fourth-order valence-corrected chi connectivity index (χ4v) is 3.68. The molecule has 0 aromatic heterocycles. The third-order valence-electron chi connectivity index (χ3n) is 3.83. The number of hydrogen-bond donors (Lipinski definition) is 1. The lowest BCUT2D eigenvalue weighted by Gasteiger charge is -2.25. The molecule has 1 N–H and O–H groups in total. The molecule has 1 fully saturated rings. The van der Waals surface area contributed by atoms with Crippen LogP contribution in [0.15, 0.2) is 53.6 Å². The van der Waals surface area contributed by atoms with Gasteiger partial charge < -0.3 is 9.47 Å². The van der Waals surface area contributed by atoms with E-state index in [0.717, 1.165) is 39.9 Å². The lowest BCUT2D eigenvalue weighted by molar-refractivity contribution is -0.118. The van der Waals surface area contributed by atoms with Crippen LogP contribution < -0.4 is 14.9 Å². The van der Waals surface area contributed by atoms with Crippen molar-refractivity contribution in [1.82, 2.24) is 5.43 Å². The Bertz CT molecular complexity index is 777. The number of hydrogen-bond acceptors (Lipinski definition) is 6. The number of ether oxygens (including phenoxy) is 2. The van der Waals surface area contributed by atoms with E-state index in [-0.39, 0.29) is 5.91 Å². The Balaban J connectivity index is 1.38. The van der Waals surface area contributed by atoms with Crippen molar-refractivity contribution in [2.24, 2.45) is 5.10 Å². The predicted octanol–water partition coefficient (Wildman–Crippen LogP) is 3.57. The van der Waals surface area contributed by atoms with Crippen molar-refractivity contribution < 1.29 is 14.3 Å². The van der Waals surface area contributed by atoms with Crippen molar-refractivity contribution in [1.29, 1.82) is 0 Å². The third kappa shape index (κ3) is 6.52. The van der Waals surface area contributed by atoms with Crippen molar-refractivity contribution in [2.45, 2.75) is 11.9 Å². The SMILES string of the molecule is COc1ccc(CSCC(=O)N/N=C\c2cccc(OC3CSC3)c2)cc1. The fourth-order valence-electron chi connectivity index (χ4n) is 2.34. The highest BCUT2D eigenvalue weighted by atomic mass is 32.2. The summed E-state index contributed by atoms with van der Waals surface area (Å²) in [7, 11) is 1.64. The van der Waals surface area contributed by atoms with E-state index in [9.17, 15) is 4.79 Å². The molecule has 1 heterocycles. The summed E-state index contributed by atoms with van der Waals surface area (Å²) >= 11 is 3.43. The van der Waals surface area contributed by atoms with Gasteiger partial charge >= 0.3 is 0 Å². The highest BCUT2D eigenvalue weighted by Crippen LogP contribution is 2.24. The zero-order valence-corrected chi connectivity index (χ0v) is 16.7. The van der Waals surface area contributed by atoms with Crippen LogP contribution in [0.4, 0.5) is 0 Å². The van der Waals surface area contributed by atoms with Crippen LogP contribution >= 0.6 is 23.5 Å². The largest absolute Gasteiger partial charge is 0.497 e. The topological polar surface area (TPSA) is 59.9 Å². The molecule has 1 aliphatic rings. The molecular weight excluding hydrogens is 380 g/mol. The minimum Gasteiger partial charge on any atom is -0.497 e. The molecule has 2 aromatic rings. The predicted molar refractivity (Wildman–Crippen MR) is 113 cm³/mol. The summed E-state index contributed by atoms with van der Waals surface area (Å²) in [6.45, 7) is 0. The molecular formula is C20H22N2O3S2. The number of nitrogens with zero attached hydrogens (tertiary/aromatic N) is 1. The van der Waals surface area contributed by atoms with Gasteiger partial charge in [0.15, 0.2) is 0 Å². The number of carbonyl (C=O) groups excluding carboxylic acids is 1. The molecule has 0 saturated carbocycles. The second-order valence-electron chi connectivity index (χ2n) is 5.98. The molecule has 0 spiro atoms. The van der Waals surface area contributed by atoms with E-state index < -0.39 is 0 Å². The fraction of sp³-hybridized carbons (Fsp3) is 0.300. The van der Waals surface area contributed by atoms with E-state index in [0.29, 0.717) is 11.9 Å². The van der Waals surface area contributed by atoms with Crippen LogP contribution in [0.5, 0.6) is 11.5 Å². The Labute approximate surface area is 167 Å². The maximum atomic E-state index is 11.9. The summed E-state index contributed by atoms with van der Waals surface area (Å²) < 4.78 is 11.0. The van der Waals surface area contributed by atoms with E-state index in [1.54, 1.807) is 25.1 Å². The first-order valence-corrected chi connectivity index (χ1v) is 10.9. The van der Waals surface area contributed by atoms with Crippen LogP contribution in [0.25, 0.3) is 0 Å². The maximum absolute atomic E-state index is 11.9. The van der Waals surface area contributed by atoms with E-state index in [1.165, 1.54) is 0 Å². The molecule has 0 atom stereocenters. The summed E-state index contributed by atoms with van der Waals surface area (Å²) in [5, 5.41) is 4.03. The molecule has 0 bridgehead atoms. The van der Waals surface area contributed by atoms with Crippen LogP contribution in [0.2, 0.25) is 0 Å². The Morgan fingerprint density at radius 2 is 2.07 bits per heavy atom. The lowest BCUT2D eigenvalue weighted by Crippen LogP contribution is -2.31. The molecule has 0 radical (unpaired) electrons. The quantitative estimate of drug-likeness (QED) is 0.513. The van der Waals surface area contributed by atoms with Crippen LogP contribution in [-0.4, -0.2) is 42.6 Å². The minimum atomic E-state index is -0.122. The summed E-state index contributed by atoms with van der Waals surface area (Å²) in [6, 6.07) is 15.6. The van der Waals surface area contributed by atoms with Gasteiger partial charge in [0, 0.05) is 17.3 Å². The van der Waals surface area contributed by atoms with Crippen LogP contribution in [-0.2, 0) is 10.5 Å². The van der Waals surface area contributed by atoms with Gasteiger partial charge in [-0.25, -0.2) is 5.43 Å². The molecule has 7 heteroatoms. The second kappa shape index (κ2) is 10.3. The summed E-state index contributed by atoms with van der Waals surface area (Å²) in [5.74, 6) is 4.75. The monoisotopic (exact) mass is 402 g/mol. The zero-order chi connectivity index (χ0) is 18.9. The van der Waals surface area contributed by atoms with Gasteiger partial charge in [0.25, 0.3) is 0 Å². The van der Waals surface area contributed by atoms with Crippen molar-refractivity contribution in [3.05, 3.63) is 59.7 Å². The number of hydrazone groups is 1. The van der Waals surface area contributed by atoms with E-state index in [1.807, 2.05) is 60.3 Å². The van der Waals surface area contributed by atoms with Crippen LogP contribution in [0, 0.1) is 0 Å². The number of nitrogens with one attached hydrogen (secondary N) is 1. The molecule has 27 heavy (non-hydrogen) atoms. The highest BCUT2D eigenvalue weighted by molar-refractivity contribution is 8.00. The molecule has 142 valence electrons. The van der Waals surface area contributed by atoms with Gasteiger partial charge in [-0.1, -0.05) is 24.3 Å². The Kier molecular flexibility index (Phi) is 7.47. The van der Waals surface area contributed by atoms with Gasteiger partial charge in [0.1, 0.15) is 17.6 Å². The van der Waals surface area contributed by atoms with Crippen molar-refractivity contribution in [2.75, 3.05) is 24.4 Å². The second-order valence-corrected chi connectivity index (χ2v) is 8.04. The smallest absolute Gasteiger partial charge is 0.250 e. The Morgan fingerprint density at radius 1 is 1.26 bits per heavy atom. The third-order valence-corrected chi connectivity index (χ3v) is 6.05. The van der Waals surface area contributed by atoms with Crippen molar-refractivity contribution in [3.63, 3.8) is 0 Å². The first kappa shape index (κ1) is 19.6. The van der Waals surface area contributed by atoms with Gasteiger partial charge in [-0.3, -0.25) is 4.79 Å². The van der Waals surface area contributed by atoms with Gasteiger partial charge in [-0.15, -0.1) is 11.8 Å². The minimum absolute atomic E-state index is 0.122. The Hall–Kier alpha value is -2.12. The number of methoxy groups -OCH3 is 1. The highest BCUT2D eigenvalue weighted by Gasteiger charge is 2.19. The maximum Gasteiger partial charge on any atom is 0.250 e. The summed E-state index contributed by atoms with van der Waals surface area (Å²) in [4.78, 5) is 11.9. The average Bonchev–Trinajstić information content (AvgIpc) is 2.66. The van der Waals surface area contributed by atoms with E-state index >= 15 is 0 Å². The Morgan fingerprint density at radius 3 is 2.78 bits per heavy atom. The van der Waals surface area contributed by atoms with Crippen molar-refractivity contribution >= 4 is 35.6 Å². The molecule has 3 rings (SSSR count). The first-order chi connectivity index (χ1) is 13.2. The summed E-state index contributed by atoms with van der Waals surface area (Å²) in [5.41, 5.74) is 4.61. The standard InChI is InChI=1S/C20H22N2O3S2/c1-24-17-7-5-15(6-8-17)11-26-14-20(23)22-21-10-16-3-2-4-18(9-16)25-19-12-27-13-19/h2-10,19H,11-14H2,1H3,(H,22,23)/b21-10-. The molecule has 1 saturated heterocycles. The van der Waals surface area contributed by atoms with Crippen LogP contribution in [0.1, 0.15) is 11.1 Å². The van der Waals surface area contributed by atoms with Gasteiger partial charge in [0.05, 0.1) is 19.1 Å². The van der Waals surface area contributed by atoms with E-state index in [4.69, 9.17) is 9.47 Å². The average molecular weight is 403 g/mol. The summed E-state index contributed by atoms with van der Waals surface area (Å²) in [6.07, 6.45) is 1.94. The number of thioether (sulfide) groups is 2. The zero-order valence-electron chi connectivity index (χ0n) is 15.1. The van der Waals surface area contributed by atoms with E-state index in [2.05, 4.69) is 10.5 Å². The molecule has 2 aromatic carbocycles. The van der Waals surface area contributed by atoms with Gasteiger partial charge in [-0.05, 0) is 35.4 Å². The number of amides is 1. The van der Waals surface area contributed by atoms with Gasteiger partial charge in [-0.2, -0.15) is 16.9 Å². The van der Waals surface area contributed by atoms with Crippen molar-refractivity contribution in [3.8, 4) is 11.5 Å². The van der Waals surface area contributed by atoms with Gasteiger partial charge in [0.2, 0.25) is 5.91 Å². The molecule has 5 nitrogen and oxygen atoms in total. The molecule has 0 unspecified atom stereocenters. The molecule has 1 aliphatic heterocycles. The molecule has 1 amide bonds.